The van der Waals surface area contributed by atoms with Crippen molar-refractivity contribution in [2.75, 3.05) is 7.11 Å². The van der Waals surface area contributed by atoms with Gasteiger partial charge in [0.1, 0.15) is 5.75 Å². The number of nitrogens with one attached hydrogen (secondary N) is 1. The lowest BCUT2D eigenvalue weighted by Crippen LogP contribution is -2.51. The number of rotatable bonds is 11. The molecule has 0 bridgehead atoms. The summed E-state index contributed by atoms with van der Waals surface area (Å²) in [4.78, 5) is 20.6. The maximum absolute atomic E-state index is 13.7. The second-order valence-electron chi connectivity index (χ2n) is 7.40. The van der Waals surface area contributed by atoms with Gasteiger partial charge in [0.2, 0.25) is 10.0 Å². The van der Waals surface area contributed by atoms with Crippen LogP contribution in [0.4, 0.5) is 0 Å². The first-order valence-corrected chi connectivity index (χ1v) is 11.8. The number of carbonyl (C=O) groups excluding carboxylic acids is 1. The molecule has 0 aliphatic heterocycles. The molecule has 3 aromatic rings. The monoisotopic (exact) mass is 486 g/mol. The Labute approximate surface area is 198 Å². The van der Waals surface area contributed by atoms with Gasteiger partial charge in [-0.1, -0.05) is 12.1 Å². The first-order valence-electron chi connectivity index (χ1n) is 10.4. The molecular formula is C23H26N4O6S. The molecule has 2 N–H and O–H groups in total. The minimum Gasteiger partial charge on any atom is -0.497 e. The van der Waals surface area contributed by atoms with Gasteiger partial charge in [-0.25, -0.2) is 13.9 Å². The second kappa shape index (κ2) is 11.7. The van der Waals surface area contributed by atoms with Gasteiger partial charge >= 0.3 is 0 Å². The number of hydrogen-bond acceptors (Lipinski definition) is 8. The number of amides is 1. The van der Waals surface area contributed by atoms with Gasteiger partial charge in [-0.3, -0.25) is 20.0 Å². The van der Waals surface area contributed by atoms with Crippen molar-refractivity contribution in [1.82, 2.24) is 19.8 Å². The quantitative estimate of drug-likeness (QED) is 0.311. The molecule has 0 unspecified atom stereocenters. The summed E-state index contributed by atoms with van der Waals surface area (Å²) < 4.78 is 39.4. The molecule has 2 aromatic heterocycles. The van der Waals surface area contributed by atoms with E-state index in [0.717, 1.165) is 4.31 Å². The van der Waals surface area contributed by atoms with Crippen molar-refractivity contribution in [2.24, 2.45) is 0 Å². The maximum Gasteiger partial charge on any atom is 0.274 e. The van der Waals surface area contributed by atoms with Crippen LogP contribution in [0.1, 0.15) is 18.1 Å². The van der Waals surface area contributed by atoms with Crippen molar-refractivity contribution in [2.45, 2.75) is 37.1 Å². The lowest BCUT2D eigenvalue weighted by atomic mass is 10.1. The highest BCUT2D eigenvalue weighted by Gasteiger charge is 2.37. The molecule has 180 valence electrons. The third-order valence-electron chi connectivity index (χ3n) is 5.14. The smallest absolute Gasteiger partial charge is 0.274 e. The Bertz CT molecular complexity index is 1160. The van der Waals surface area contributed by atoms with E-state index >= 15 is 0 Å². The highest BCUT2D eigenvalue weighted by atomic mass is 32.2. The number of nitrogens with zero attached hydrogens (tertiary/aromatic N) is 3. The molecule has 0 fully saturated rings. The van der Waals surface area contributed by atoms with E-state index in [9.17, 15) is 18.4 Å². The third-order valence-corrected chi connectivity index (χ3v) is 7.09. The van der Waals surface area contributed by atoms with Crippen LogP contribution in [0, 0.1) is 0 Å². The fourth-order valence-electron chi connectivity index (χ4n) is 3.32. The van der Waals surface area contributed by atoms with Crippen molar-refractivity contribution in [3.05, 3.63) is 84.4 Å². The number of pyridine rings is 2. The molecule has 2 heterocycles. The van der Waals surface area contributed by atoms with E-state index in [1.807, 2.05) is 0 Å². The van der Waals surface area contributed by atoms with Gasteiger partial charge in [0, 0.05) is 31.3 Å². The number of aromatic nitrogens is 2. The van der Waals surface area contributed by atoms with E-state index in [1.54, 1.807) is 61.5 Å². The Morgan fingerprint density at radius 1 is 1.06 bits per heavy atom. The standard InChI is InChI=1S/C23H26N4O6S/c1-17(22(23(28)26-29)33-16-19-6-4-12-25-14-19)27(15-18-5-3-11-24-13-18)34(30,31)21-9-7-20(32-2)8-10-21/h3-14,17,22,29H,15-16H2,1-2H3,(H,26,28)/t17-,22-/m1/s1. The zero-order chi connectivity index (χ0) is 24.6. The van der Waals surface area contributed by atoms with Gasteiger partial charge in [-0.05, 0) is 54.4 Å². The number of sulfonamides is 1. The molecule has 3 rings (SSSR count). The van der Waals surface area contributed by atoms with Crippen molar-refractivity contribution in [1.29, 1.82) is 0 Å². The van der Waals surface area contributed by atoms with Crippen LogP contribution in [0.25, 0.3) is 0 Å². The molecule has 1 amide bonds. The molecule has 1 aromatic carbocycles. The fraction of sp³-hybridized carbons (Fsp3) is 0.261. The third kappa shape index (κ3) is 6.14. The van der Waals surface area contributed by atoms with E-state index in [-0.39, 0.29) is 18.0 Å². The highest BCUT2D eigenvalue weighted by Crippen LogP contribution is 2.25. The first kappa shape index (κ1) is 25.2. The Kier molecular flexibility index (Phi) is 8.66. The van der Waals surface area contributed by atoms with E-state index in [4.69, 9.17) is 9.47 Å². The average Bonchev–Trinajstić information content (AvgIpc) is 2.88. The Balaban J connectivity index is 1.96. The van der Waals surface area contributed by atoms with Gasteiger partial charge in [-0.15, -0.1) is 0 Å². The van der Waals surface area contributed by atoms with Crippen LogP contribution in [0.2, 0.25) is 0 Å². The van der Waals surface area contributed by atoms with Gasteiger partial charge in [0.05, 0.1) is 24.7 Å². The van der Waals surface area contributed by atoms with Crippen LogP contribution >= 0.6 is 0 Å². The van der Waals surface area contributed by atoms with E-state index in [2.05, 4.69) is 9.97 Å². The van der Waals surface area contributed by atoms with Crippen LogP contribution in [0.5, 0.6) is 5.75 Å². The average molecular weight is 487 g/mol. The van der Waals surface area contributed by atoms with Crippen LogP contribution in [-0.2, 0) is 32.7 Å². The Morgan fingerprint density at radius 2 is 1.68 bits per heavy atom. The Morgan fingerprint density at radius 3 is 2.21 bits per heavy atom. The van der Waals surface area contributed by atoms with E-state index in [0.29, 0.717) is 16.9 Å². The van der Waals surface area contributed by atoms with Crippen LogP contribution in [0.3, 0.4) is 0 Å². The molecule has 0 spiro atoms. The zero-order valence-corrected chi connectivity index (χ0v) is 19.6. The first-order chi connectivity index (χ1) is 16.4. The largest absolute Gasteiger partial charge is 0.497 e. The van der Waals surface area contributed by atoms with Crippen molar-refractivity contribution in [3.63, 3.8) is 0 Å². The summed E-state index contributed by atoms with van der Waals surface area (Å²) in [5.74, 6) is -0.374. The van der Waals surface area contributed by atoms with Crippen LogP contribution in [-0.4, -0.2) is 53.1 Å². The molecule has 0 saturated heterocycles. The summed E-state index contributed by atoms with van der Waals surface area (Å²) in [6.45, 7) is 1.45. The number of carbonyl (C=O) groups is 1. The summed E-state index contributed by atoms with van der Waals surface area (Å²) >= 11 is 0. The minimum atomic E-state index is -4.10. The maximum atomic E-state index is 13.7. The molecule has 0 aliphatic rings. The summed E-state index contributed by atoms with van der Waals surface area (Å²) in [7, 11) is -2.61. The van der Waals surface area contributed by atoms with Crippen molar-refractivity contribution < 1.29 is 27.9 Å². The summed E-state index contributed by atoms with van der Waals surface area (Å²) in [5, 5.41) is 9.32. The predicted molar refractivity (Wildman–Crippen MR) is 122 cm³/mol. The Hall–Kier alpha value is -3.38. The van der Waals surface area contributed by atoms with E-state index in [1.165, 1.54) is 31.4 Å². The van der Waals surface area contributed by atoms with E-state index < -0.39 is 28.1 Å². The second-order valence-corrected chi connectivity index (χ2v) is 9.29. The summed E-state index contributed by atoms with van der Waals surface area (Å²) in [5.41, 5.74) is 2.87. The molecule has 34 heavy (non-hydrogen) atoms. The van der Waals surface area contributed by atoms with Crippen LogP contribution < -0.4 is 10.2 Å². The molecule has 11 heteroatoms. The number of hydrogen-bond donors (Lipinski definition) is 2. The molecule has 10 nitrogen and oxygen atoms in total. The number of hydroxylamine groups is 1. The number of benzene rings is 1. The molecule has 2 atom stereocenters. The minimum absolute atomic E-state index is 0.0134. The van der Waals surface area contributed by atoms with Gasteiger partial charge in [0.25, 0.3) is 5.91 Å². The summed E-state index contributed by atoms with van der Waals surface area (Å²) in [6.07, 6.45) is 4.96. The number of methoxy groups -OCH3 is 1. The molecule has 0 saturated carbocycles. The molecular weight excluding hydrogens is 460 g/mol. The van der Waals surface area contributed by atoms with Crippen molar-refractivity contribution >= 4 is 15.9 Å². The summed E-state index contributed by atoms with van der Waals surface area (Å²) in [6, 6.07) is 11.8. The lowest BCUT2D eigenvalue weighted by molar-refractivity contribution is -0.145. The van der Waals surface area contributed by atoms with Gasteiger partial charge in [-0.2, -0.15) is 4.31 Å². The molecule has 0 radical (unpaired) electrons. The van der Waals surface area contributed by atoms with Crippen LogP contribution in [0.15, 0.2) is 78.2 Å². The SMILES string of the molecule is COc1ccc(S(=O)(=O)N(Cc2cccnc2)[C@H](C)[C@@H](OCc2cccnc2)C(=O)NO)cc1. The van der Waals surface area contributed by atoms with Crippen molar-refractivity contribution in [3.8, 4) is 5.75 Å². The van der Waals surface area contributed by atoms with Gasteiger partial charge < -0.3 is 9.47 Å². The zero-order valence-electron chi connectivity index (χ0n) is 18.7. The number of ether oxygens (including phenoxy) is 2. The highest BCUT2D eigenvalue weighted by molar-refractivity contribution is 7.89. The topological polar surface area (TPSA) is 131 Å². The molecule has 0 aliphatic carbocycles. The lowest BCUT2D eigenvalue weighted by Gasteiger charge is -2.33. The normalized spacial score (nSPS) is 13.3. The fourth-order valence-corrected chi connectivity index (χ4v) is 4.94. The van der Waals surface area contributed by atoms with Gasteiger partial charge in [0.15, 0.2) is 6.10 Å². The predicted octanol–water partition coefficient (Wildman–Crippen LogP) is 2.16.